The second-order valence-corrected chi connectivity index (χ2v) is 4.93. The molecule has 0 amide bonds. The van der Waals surface area contributed by atoms with Crippen LogP contribution in [0.3, 0.4) is 0 Å². The number of hydrogen-bond donors (Lipinski definition) is 1. The molecule has 5 heteroatoms. The summed E-state index contributed by atoms with van der Waals surface area (Å²) in [5.41, 5.74) is 5.89. The van der Waals surface area contributed by atoms with Crippen molar-refractivity contribution in [3.8, 4) is 0 Å². The van der Waals surface area contributed by atoms with Crippen LogP contribution in [0.4, 0.5) is 11.6 Å². The first-order valence-corrected chi connectivity index (χ1v) is 7.60. The molecule has 2 N–H and O–H groups in total. The Bertz CT molecular complexity index is 393. The number of aromatic nitrogens is 2. The lowest BCUT2D eigenvalue weighted by atomic mass is 10.0. The summed E-state index contributed by atoms with van der Waals surface area (Å²) >= 11 is 0. The zero-order valence-electron chi connectivity index (χ0n) is 13.2. The van der Waals surface area contributed by atoms with Crippen LogP contribution in [0.15, 0.2) is 6.07 Å². The van der Waals surface area contributed by atoms with Crippen LogP contribution in [0.25, 0.3) is 0 Å². The number of nitrogen functional groups attached to an aromatic ring is 1. The van der Waals surface area contributed by atoms with Gasteiger partial charge in [0.05, 0.1) is 0 Å². The van der Waals surface area contributed by atoms with Crippen molar-refractivity contribution < 1.29 is 4.74 Å². The van der Waals surface area contributed by atoms with Crippen molar-refractivity contribution in [2.75, 3.05) is 30.3 Å². The van der Waals surface area contributed by atoms with Crippen LogP contribution in [0.5, 0.6) is 0 Å². The first-order chi connectivity index (χ1) is 9.64. The van der Waals surface area contributed by atoms with E-state index in [-0.39, 0.29) is 0 Å². The molecule has 1 heterocycles. The summed E-state index contributed by atoms with van der Waals surface area (Å²) in [6.45, 7) is 11.6. The summed E-state index contributed by atoms with van der Waals surface area (Å²) in [6, 6.07) is 1.85. The van der Waals surface area contributed by atoms with Crippen LogP contribution < -0.4 is 10.6 Å². The Morgan fingerprint density at radius 3 is 2.45 bits per heavy atom. The fraction of sp³-hybridized carbons (Fsp3) is 0.733. The molecule has 0 saturated carbocycles. The van der Waals surface area contributed by atoms with Gasteiger partial charge in [0, 0.05) is 25.8 Å². The fourth-order valence-electron chi connectivity index (χ4n) is 2.17. The predicted molar refractivity (Wildman–Crippen MR) is 83.7 cm³/mol. The summed E-state index contributed by atoms with van der Waals surface area (Å²) in [7, 11) is 0. The van der Waals surface area contributed by atoms with Gasteiger partial charge in [-0.05, 0) is 19.8 Å². The van der Waals surface area contributed by atoms with Crippen molar-refractivity contribution in [3.63, 3.8) is 0 Å². The van der Waals surface area contributed by atoms with E-state index in [4.69, 9.17) is 10.5 Å². The third kappa shape index (κ3) is 4.96. The lowest BCUT2D eigenvalue weighted by Gasteiger charge is -2.26. The lowest BCUT2D eigenvalue weighted by Crippen LogP contribution is -2.30. The summed E-state index contributed by atoms with van der Waals surface area (Å²) < 4.78 is 5.37. The minimum absolute atomic E-state index is 0.414. The number of nitrogens with zero attached hydrogens (tertiary/aromatic N) is 3. The number of ether oxygens (including phenoxy) is 1. The van der Waals surface area contributed by atoms with Gasteiger partial charge in [0.15, 0.2) is 5.82 Å². The maximum atomic E-state index is 5.89. The number of nitrogens with two attached hydrogens (primary N) is 1. The smallest absolute Gasteiger partial charge is 0.158 e. The molecule has 0 radical (unpaired) electrons. The molecule has 20 heavy (non-hydrogen) atoms. The highest BCUT2D eigenvalue weighted by Crippen LogP contribution is 2.18. The molecule has 0 fully saturated rings. The Labute approximate surface area is 122 Å². The van der Waals surface area contributed by atoms with E-state index in [1.54, 1.807) is 0 Å². The molecule has 5 nitrogen and oxygen atoms in total. The zero-order chi connectivity index (χ0) is 15.0. The van der Waals surface area contributed by atoms with Gasteiger partial charge < -0.3 is 15.4 Å². The molecule has 0 bridgehead atoms. The summed E-state index contributed by atoms with van der Waals surface area (Å²) in [5.74, 6) is 2.75. The molecule has 1 rings (SSSR count). The SMILES string of the molecule is CCOCc1nc(N)cc(N(CC)CC(CC)CC)n1. The van der Waals surface area contributed by atoms with Crippen molar-refractivity contribution >= 4 is 11.6 Å². The first kappa shape index (κ1) is 16.7. The molecule has 0 aliphatic rings. The van der Waals surface area contributed by atoms with Crippen LogP contribution in [-0.4, -0.2) is 29.7 Å². The predicted octanol–water partition coefficient (Wildman–Crippen LogP) is 2.86. The van der Waals surface area contributed by atoms with E-state index in [1.165, 1.54) is 12.8 Å². The highest BCUT2D eigenvalue weighted by Gasteiger charge is 2.13. The maximum Gasteiger partial charge on any atom is 0.158 e. The minimum atomic E-state index is 0.414. The molecular formula is C15H28N4O. The fourth-order valence-corrected chi connectivity index (χ4v) is 2.17. The van der Waals surface area contributed by atoms with Gasteiger partial charge in [-0.25, -0.2) is 9.97 Å². The van der Waals surface area contributed by atoms with Gasteiger partial charge >= 0.3 is 0 Å². The Morgan fingerprint density at radius 1 is 1.20 bits per heavy atom. The zero-order valence-corrected chi connectivity index (χ0v) is 13.2. The third-order valence-corrected chi connectivity index (χ3v) is 3.55. The summed E-state index contributed by atoms with van der Waals surface area (Å²) in [6.07, 6.45) is 2.36. The van der Waals surface area contributed by atoms with Gasteiger partial charge in [-0.3, -0.25) is 0 Å². The second kappa shape index (κ2) is 8.74. The Kier molecular flexibility index (Phi) is 7.30. The standard InChI is InChI=1S/C15H28N4O/c1-5-12(6-2)10-19(7-3)15-9-13(16)17-14(18-15)11-20-8-4/h9,12H,5-8,10-11H2,1-4H3,(H2,16,17,18). The van der Waals surface area contributed by atoms with Crippen molar-refractivity contribution in [3.05, 3.63) is 11.9 Å². The Morgan fingerprint density at radius 2 is 1.90 bits per heavy atom. The average molecular weight is 280 g/mol. The largest absolute Gasteiger partial charge is 0.384 e. The molecular weight excluding hydrogens is 252 g/mol. The molecule has 114 valence electrons. The van der Waals surface area contributed by atoms with Crippen molar-refractivity contribution in [1.82, 2.24) is 9.97 Å². The minimum Gasteiger partial charge on any atom is -0.384 e. The Hall–Kier alpha value is -1.36. The summed E-state index contributed by atoms with van der Waals surface area (Å²) in [4.78, 5) is 11.1. The summed E-state index contributed by atoms with van der Waals surface area (Å²) in [5, 5.41) is 0. The van der Waals surface area contributed by atoms with Crippen molar-refractivity contribution in [1.29, 1.82) is 0 Å². The van der Waals surface area contributed by atoms with Crippen LogP contribution >= 0.6 is 0 Å². The molecule has 0 spiro atoms. The van der Waals surface area contributed by atoms with Crippen LogP contribution in [0.2, 0.25) is 0 Å². The van der Waals surface area contributed by atoms with Gasteiger partial charge in [-0.2, -0.15) is 0 Å². The Balaban J connectivity index is 2.87. The molecule has 1 aromatic heterocycles. The molecule has 0 unspecified atom stereocenters. The van der Waals surface area contributed by atoms with Crippen molar-refractivity contribution in [2.45, 2.75) is 47.1 Å². The second-order valence-electron chi connectivity index (χ2n) is 4.93. The molecule has 0 aliphatic carbocycles. The quantitative estimate of drug-likeness (QED) is 0.753. The number of hydrogen-bond acceptors (Lipinski definition) is 5. The monoisotopic (exact) mass is 280 g/mol. The van der Waals surface area contributed by atoms with E-state index in [9.17, 15) is 0 Å². The van der Waals surface area contributed by atoms with E-state index in [0.29, 0.717) is 30.8 Å². The van der Waals surface area contributed by atoms with Crippen molar-refractivity contribution in [2.24, 2.45) is 5.92 Å². The maximum absolute atomic E-state index is 5.89. The number of anilines is 2. The normalized spacial score (nSPS) is 11.1. The van der Waals surface area contributed by atoms with Gasteiger partial charge in [0.1, 0.15) is 18.2 Å². The lowest BCUT2D eigenvalue weighted by molar-refractivity contribution is 0.128. The van der Waals surface area contributed by atoms with E-state index in [1.807, 2.05) is 13.0 Å². The van der Waals surface area contributed by atoms with Gasteiger partial charge in [-0.15, -0.1) is 0 Å². The van der Waals surface area contributed by atoms with E-state index in [2.05, 4.69) is 35.6 Å². The van der Waals surface area contributed by atoms with Crippen LogP contribution in [0.1, 0.15) is 46.4 Å². The van der Waals surface area contributed by atoms with Gasteiger partial charge in [-0.1, -0.05) is 26.7 Å². The highest BCUT2D eigenvalue weighted by molar-refractivity contribution is 5.46. The molecule has 0 aliphatic heterocycles. The van der Waals surface area contributed by atoms with Crippen LogP contribution in [-0.2, 0) is 11.3 Å². The highest BCUT2D eigenvalue weighted by atomic mass is 16.5. The molecule has 1 aromatic rings. The third-order valence-electron chi connectivity index (χ3n) is 3.55. The van der Waals surface area contributed by atoms with Gasteiger partial charge in [0.2, 0.25) is 0 Å². The van der Waals surface area contributed by atoms with Gasteiger partial charge in [0.25, 0.3) is 0 Å². The van der Waals surface area contributed by atoms with E-state index in [0.717, 1.165) is 18.9 Å². The topological polar surface area (TPSA) is 64.3 Å². The first-order valence-electron chi connectivity index (χ1n) is 7.60. The van der Waals surface area contributed by atoms with E-state index < -0.39 is 0 Å². The van der Waals surface area contributed by atoms with Crippen LogP contribution in [0, 0.1) is 5.92 Å². The molecule has 0 saturated heterocycles. The van der Waals surface area contributed by atoms with E-state index >= 15 is 0 Å². The molecule has 0 atom stereocenters. The average Bonchev–Trinajstić information content (AvgIpc) is 2.46. The molecule has 0 aromatic carbocycles. The number of rotatable bonds is 9.